The van der Waals surface area contributed by atoms with Gasteiger partial charge in [-0.1, -0.05) is 13.3 Å². The lowest BCUT2D eigenvalue weighted by Crippen LogP contribution is -1.81. The molecule has 1 rings (SSSR count). The molecule has 50 valence electrons. The second-order valence-electron chi connectivity index (χ2n) is 2.38. The highest BCUT2D eigenvalue weighted by atomic mass is 14.7. The average molecular weight is 123 g/mol. The van der Waals surface area contributed by atoms with Crippen molar-refractivity contribution in [2.24, 2.45) is 0 Å². The zero-order valence-electron chi connectivity index (χ0n) is 6.07. The predicted molar refractivity (Wildman–Crippen MR) is 39.5 cm³/mol. The van der Waals surface area contributed by atoms with Gasteiger partial charge in [-0.15, -0.1) is 0 Å². The molecule has 0 bridgehead atoms. The quantitative estimate of drug-likeness (QED) is 0.621. The molecule has 0 amide bonds. The Morgan fingerprint density at radius 1 is 1.56 bits per heavy atom. The minimum atomic E-state index is 1.20. The van der Waals surface area contributed by atoms with Crippen molar-refractivity contribution in [1.29, 1.82) is 0 Å². The van der Waals surface area contributed by atoms with E-state index in [2.05, 4.69) is 24.9 Å². The van der Waals surface area contributed by atoms with Gasteiger partial charge < -0.3 is 4.98 Å². The molecule has 1 aromatic rings. The van der Waals surface area contributed by atoms with Gasteiger partial charge in [0.25, 0.3) is 0 Å². The molecule has 1 N–H and O–H groups in total. The fourth-order valence-electron chi connectivity index (χ4n) is 1.03. The predicted octanol–water partition coefficient (Wildman–Crippen LogP) is 2.28. The van der Waals surface area contributed by atoms with Crippen LogP contribution in [0.15, 0.2) is 12.3 Å². The van der Waals surface area contributed by atoms with Crippen LogP contribution in [0.3, 0.4) is 0 Å². The molecule has 0 aliphatic rings. The number of hydrogen-bond donors (Lipinski definition) is 1. The summed E-state index contributed by atoms with van der Waals surface area (Å²) in [5, 5.41) is 0. The lowest BCUT2D eigenvalue weighted by atomic mass is 10.1. The normalized spacial score (nSPS) is 10.0. The Kier molecular flexibility index (Phi) is 1.93. The summed E-state index contributed by atoms with van der Waals surface area (Å²) >= 11 is 0. The molecule has 0 aromatic carbocycles. The summed E-state index contributed by atoms with van der Waals surface area (Å²) in [6.07, 6.45) is 4.44. The van der Waals surface area contributed by atoms with Crippen molar-refractivity contribution in [2.75, 3.05) is 0 Å². The smallest absolute Gasteiger partial charge is 0.0148 e. The maximum atomic E-state index is 3.15. The van der Waals surface area contributed by atoms with Crippen molar-refractivity contribution < 1.29 is 0 Å². The third-order valence-electron chi connectivity index (χ3n) is 1.59. The standard InChI is InChI=1S/C8H13N/c1-3-4-8-5-6-9-7(8)2/h5-6,9H,3-4H2,1-2H3. The Morgan fingerprint density at radius 2 is 2.33 bits per heavy atom. The molecule has 1 nitrogen and oxygen atoms in total. The molecule has 0 atom stereocenters. The van der Waals surface area contributed by atoms with Crippen molar-refractivity contribution in [3.63, 3.8) is 0 Å². The summed E-state index contributed by atoms with van der Waals surface area (Å²) in [6, 6.07) is 2.15. The summed E-state index contributed by atoms with van der Waals surface area (Å²) in [6.45, 7) is 4.32. The lowest BCUT2D eigenvalue weighted by molar-refractivity contribution is 0.912. The van der Waals surface area contributed by atoms with Gasteiger partial charge in [0.1, 0.15) is 0 Å². The van der Waals surface area contributed by atoms with E-state index in [1.165, 1.54) is 24.1 Å². The summed E-state index contributed by atoms with van der Waals surface area (Å²) in [5.74, 6) is 0. The number of aromatic amines is 1. The largest absolute Gasteiger partial charge is 0.365 e. The first-order chi connectivity index (χ1) is 4.34. The van der Waals surface area contributed by atoms with Crippen molar-refractivity contribution in [2.45, 2.75) is 26.7 Å². The first kappa shape index (κ1) is 6.40. The van der Waals surface area contributed by atoms with Crippen LogP contribution < -0.4 is 0 Å². The van der Waals surface area contributed by atoms with Crippen molar-refractivity contribution in [1.82, 2.24) is 4.98 Å². The summed E-state index contributed by atoms with van der Waals surface area (Å²) in [4.78, 5) is 3.15. The zero-order valence-corrected chi connectivity index (χ0v) is 6.07. The average Bonchev–Trinajstić information content (AvgIpc) is 2.18. The van der Waals surface area contributed by atoms with E-state index in [1.807, 2.05) is 6.20 Å². The first-order valence-electron chi connectivity index (χ1n) is 3.47. The van der Waals surface area contributed by atoms with Gasteiger partial charge in [0.15, 0.2) is 0 Å². The zero-order chi connectivity index (χ0) is 6.69. The van der Waals surface area contributed by atoms with Gasteiger partial charge in [-0.25, -0.2) is 0 Å². The van der Waals surface area contributed by atoms with E-state index >= 15 is 0 Å². The van der Waals surface area contributed by atoms with Crippen LogP contribution >= 0.6 is 0 Å². The van der Waals surface area contributed by atoms with Gasteiger partial charge in [0.05, 0.1) is 0 Å². The van der Waals surface area contributed by atoms with Crippen LogP contribution in [-0.2, 0) is 6.42 Å². The fraction of sp³-hybridized carbons (Fsp3) is 0.500. The van der Waals surface area contributed by atoms with Gasteiger partial charge in [-0.2, -0.15) is 0 Å². The van der Waals surface area contributed by atoms with Crippen molar-refractivity contribution in [3.05, 3.63) is 23.5 Å². The molecule has 0 spiro atoms. The van der Waals surface area contributed by atoms with Crippen LogP contribution in [0.1, 0.15) is 24.6 Å². The third kappa shape index (κ3) is 1.35. The van der Waals surface area contributed by atoms with E-state index in [0.717, 1.165) is 0 Å². The molecule has 0 aliphatic carbocycles. The molecular weight excluding hydrogens is 110 g/mol. The number of aryl methyl sites for hydroxylation is 2. The molecule has 0 saturated heterocycles. The second-order valence-corrected chi connectivity index (χ2v) is 2.38. The number of H-pyrrole nitrogens is 1. The molecular formula is C8H13N. The van der Waals surface area contributed by atoms with E-state index in [4.69, 9.17) is 0 Å². The van der Waals surface area contributed by atoms with Crippen LogP contribution in [-0.4, -0.2) is 4.98 Å². The van der Waals surface area contributed by atoms with E-state index < -0.39 is 0 Å². The highest BCUT2D eigenvalue weighted by Gasteiger charge is 1.94. The molecule has 9 heavy (non-hydrogen) atoms. The van der Waals surface area contributed by atoms with Crippen LogP contribution in [0, 0.1) is 6.92 Å². The first-order valence-corrected chi connectivity index (χ1v) is 3.47. The van der Waals surface area contributed by atoms with Crippen molar-refractivity contribution in [3.8, 4) is 0 Å². The number of aromatic nitrogens is 1. The minimum absolute atomic E-state index is 1.20. The monoisotopic (exact) mass is 123 g/mol. The van der Waals surface area contributed by atoms with Gasteiger partial charge in [-0.05, 0) is 25.0 Å². The fourth-order valence-corrected chi connectivity index (χ4v) is 1.03. The molecule has 0 radical (unpaired) electrons. The van der Waals surface area contributed by atoms with Crippen molar-refractivity contribution >= 4 is 0 Å². The Balaban J connectivity index is 2.69. The van der Waals surface area contributed by atoms with Gasteiger partial charge in [-0.3, -0.25) is 0 Å². The van der Waals surface area contributed by atoms with Crippen LogP contribution in [0.25, 0.3) is 0 Å². The third-order valence-corrected chi connectivity index (χ3v) is 1.59. The highest BCUT2D eigenvalue weighted by molar-refractivity contribution is 5.18. The van der Waals surface area contributed by atoms with E-state index in [1.54, 1.807) is 0 Å². The van der Waals surface area contributed by atoms with E-state index in [-0.39, 0.29) is 0 Å². The lowest BCUT2D eigenvalue weighted by Gasteiger charge is -1.92. The maximum absolute atomic E-state index is 3.15. The summed E-state index contributed by atoms with van der Waals surface area (Å²) in [5.41, 5.74) is 2.77. The molecule has 1 heterocycles. The second kappa shape index (κ2) is 2.72. The minimum Gasteiger partial charge on any atom is -0.365 e. The Morgan fingerprint density at radius 3 is 2.78 bits per heavy atom. The van der Waals surface area contributed by atoms with E-state index in [0.29, 0.717) is 0 Å². The maximum Gasteiger partial charge on any atom is 0.0148 e. The number of nitrogens with one attached hydrogen (secondary N) is 1. The van der Waals surface area contributed by atoms with Crippen LogP contribution in [0.2, 0.25) is 0 Å². The highest BCUT2D eigenvalue weighted by Crippen LogP contribution is 2.06. The Bertz CT molecular complexity index is 176. The molecule has 1 aromatic heterocycles. The van der Waals surface area contributed by atoms with Crippen LogP contribution in [0.5, 0.6) is 0 Å². The van der Waals surface area contributed by atoms with Crippen LogP contribution in [0.4, 0.5) is 0 Å². The Labute approximate surface area is 56.1 Å². The molecule has 0 aliphatic heterocycles. The molecule has 1 heteroatoms. The molecule has 0 unspecified atom stereocenters. The molecule has 0 fully saturated rings. The van der Waals surface area contributed by atoms with E-state index in [9.17, 15) is 0 Å². The number of rotatable bonds is 2. The van der Waals surface area contributed by atoms with Gasteiger partial charge >= 0.3 is 0 Å². The van der Waals surface area contributed by atoms with Gasteiger partial charge in [0, 0.05) is 11.9 Å². The Hall–Kier alpha value is -0.720. The SMILES string of the molecule is CCCc1cc[nH]c1C. The summed E-state index contributed by atoms with van der Waals surface area (Å²) < 4.78 is 0. The summed E-state index contributed by atoms with van der Waals surface area (Å²) in [7, 11) is 0. The number of hydrogen-bond acceptors (Lipinski definition) is 0. The molecule has 0 saturated carbocycles. The topological polar surface area (TPSA) is 15.8 Å². The van der Waals surface area contributed by atoms with Gasteiger partial charge in [0.2, 0.25) is 0 Å².